The van der Waals surface area contributed by atoms with Crippen LogP contribution in [0.5, 0.6) is 0 Å². The molecule has 8 nitrogen and oxygen atoms in total. The van der Waals surface area contributed by atoms with Crippen molar-refractivity contribution in [3.05, 3.63) is 17.5 Å². The maximum absolute atomic E-state index is 5.46. The summed E-state index contributed by atoms with van der Waals surface area (Å²) in [4.78, 5) is 15.3. The summed E-state index contributed by atoms with van der Waals surface area (Å²) in [5.74, 6) is 6.94. The number of aromatic nitrogens is 5. The molecule has 8 heteroatoms. The highest BCUT2D eigenvalue weighted by Gasteiger charge is 2.18. The second kappa shape index (κ2) is 5.04. The van der Waals surface area contributed by atoms with Crippen LogP contribution in [-0.2, 0) is 0 Å². The number of rotatable bonds is 3. The van der Waals surface area contributed by atoms with Crippen molar-refractivity contribution < 1.29 is 0 Å². The predicted octanol–water partition coefficient (Wildman–Crippen LogP) is 0.560. The lowest BCUT2D eigenvalue weighted by atomic mass is 10.4. The molecule has 0 unspecified atom stereocenters. The van der Waals surface area contributed by atoms with Crippen molar-refractivity contribution in [1.29, 1.82) is 0 Å². The minimum atomic E-state index is 0.351. The van der Waals surface area contributed by atoms with Crippen LogP contribution in [0.25, 0.3) is 5.95 Å². The number of aryl methyl sites for hydroxylation is 2. The molecule has 0 bridgehead atoms. The van der Waals surface area contributed by atoms with E-state index in [1.54, 1.807) is 4.68 Å². The Kier molecular flexibility index (Phi) is 3.23. The number of anilines is 2. The summed E-state index contributed by atoms with van der Waals surface area (Å²) in [6, 6.07) is 1.98. The molecule has 1 saturated heterocycles. The SMILES string of the molecule is Cc1cc(C)n(-c2nc(NN)nc(N3CCCC3)n2)n1. The van der Waals surface area contributed by atoms with Gasteiger partial charge in [-0.1, -0.05) is 0 Å². The molecule has 3 N–H and O–H groups in total. The normalized spacial score (nSPS) is 14.8. The van der Waals surface area contributed by atoms with Gasteiger partial charge in [-0.2, -0.15) is 20.1 Å². The summed E-state index contributed by atoms with van der Waals surface area (Å²) in [5.41, 5.74) is 4.40. The highest BCUT2D eigenvalue weighted by Crippen LogP contribution is 2.18. The molecule has 0 spiro atoms. The third-order valence-corrected chi connectivity index (χ3v) is 3.33. The fourth-order valence-electron chi connectivity index (χ4n) is 2.40. The highest BCUT2D eigenvalue weighted by atomic mass is 15.4. The maximum atomic E-state index is 5.46. The van der Waals surface area contributed by atoms with Crippen molar-refractivity contribution in [2.75, 3.05) is 23.4 Å². The van der Waals surface area contributed by atoms with Crippen LogP contribution in [0.15, 0.2) is 6.07 Å². The molecule has 3 heterocycles. The van der Waals surface area contributed by atoms with Gasteiger partial charge >= 0.3 is 0 Å². The monoisotopic (exact) mass is 274 g/mol. The first-order valence-electron chi connectivity index (χ1n) is 6.68. The zero-order valence-corrected chi connectivity index (χ0v) is 11.7. The lowest BCUT2D eigenvalue weighted by Crippen LogP contribution is -2.24. The Morgan fingerprint density at radius 3 is 2.40 bits per heavy atom. The van der Waals surface area contributed by atoms with E-state index in [0.29, 0.717) is 17.8 Å². The predicted molar refractivity (Wildman–Crippen MR) is 75.7 cm³/mol. The summed E-state index contributed by atoms with van der Waals surface area (Å²) in [5, 5.41) is 4.40. The van der Waals surface area contributed by atoms with Gasteiger partial charge in [0.05, 0.1) is 5.69 Å². The van der Waals surface area contributed by atoms with E-state index in [4.69, 9.17) is 5.84 Å². The number of hydrogen-bond donors (Lipinski definition) is 2. The number of hydrogen-bond acceptors (Lipinski definition) is 7. The summed E-state index contributed by atoms with van der Waals surface area (Å²) >= 11 is 0. The average molecular weight is 274 g/mol. The van der Waals surface area contributed by atoms with Crippen LogP contribution in [0.3, 0.4) is 0 Å². The molecule has 0 saturated carbocycles. The number of hydrazine groups is 1. The van der Waals surface area contributed by atoms with Gasteiger partial charge in [0.1, 0.15) is 0 Å². The Morgan fingerprint density at radius 1 is 1.10 bits per heavy atom. The first-order chi connectivity index (χ1) is 9.67. The summed E-state index contributed by atoms with van der Waals surface area (Å²) < 4.78 is 1.71. The lowest BCUT2D eigenvalue weighted by Gasteiger charge is -2.16. The topological polar surface area (TPSA) is 97.8 Å². The highest BCUT2D eigenvalue weighted by molar-refractivity contribution is 5.40. The molecule has 2 aromatic rings. The van der Waals surface area contributed by atoms with Gasteiger partial charge in [-0.15, -0.1) is 0 Å². The molecular weight excluding hydrogens is 256 g/mol. The first kappa shape index (κ1) is 12.8. The largest absolute Gasteiger partial charge is 0.341 e. The molecule has 20 heavy (non-hydrogen) atoms. The van der Waals surface area contributed by atoms with E-state index >= 15 is 0 Å². The molecule has 3 rings (SSSR count). The lowest BCUT2D eigenvalue weighted by molar-refractivity contribution is 0.754. The van der Waals surface area contributed by atoms with Gasteiger partial charge in [0.15, 0.2) is 0 Å². The molecular formula is C12H18N8. The summed E-state index contributed by atoms with van der Waals surface area (Å²) in [6.07, 6.45) is 2.32. The molecule has 0 atom stereocenters. The fourth-order valence-corrected chi connectivity index (χ4v) is 2.40. The fraction of sp³-hybridized carbons (Fsp3) is 0.500. The van der Waals surface area contributed by atoms with E-state index < -0.39 is 0 Å². The van der Waals surface area contributed by atoms with Crippen LogP contribution in [0.2, 0.25) is 0 Å². The number of nitrogens with zero attached hydrogens (tertiary/aromatic N) is 6. The standard InChI is InChI=1S/C12H18N8/c1-8-7-9(2)20(18-8)12-15-10(17-13)14-11(16-12)19-5-3-4-6-19/h7H,3-6,13H2,1-2H3,(H,14,15,16,17). The second-order valence-electron chi connectivity index (χ2n) is 4.94. The van der Waals surface area contributed by atoms with Crippen LogP contribution in [0, 0.1) is 13.8 Å². The molecule has 0 amide bonds. The molecule has 0 radical (unpaired) electrons. The van der Waals surface area contributed by atoms with Crippen molar-refractivity contribution >= 4 is 11.9 Å². The van der Waals surface area contributed by atoms with Crippen molar-refractivity contribution in [3.8, 4) is 5.95 Å². The second-order valence-corrected chi connectivity index (χ2v) is 4.94. The van der Waals surface area contributed by atoms with E-state index in [1.807, 2.05) is 19.9 Å². The van der Waals surface area contributed by atoms with Gasteiger partial charge < -0.3 is 4.90 Å². The van der Waals surface area contributed by atoms with Gasteiger partial charge in [0, 0.05) is 18.8 Å². The first-order valence-corrected chi connectivity index (χ1v) is 6.68. The maximum Gasteiger partial charge on any atom is 0.257 e. The van der Waals surface area contributed by atoms with Crippen LogP contribution < -0.4 is 16.2 Å². The Hall–Kier alpha value is -2.22. The average Bonchev–Trinajstić information content (AvgIpc) is 3.08. The minimum absolute atomic E-state index is 0.351. The van der Waals surface area contributed by atoms with Crippen LogP contribution in [0.1, 0.15) is 24.2 Å². The molecule has 0 aliphatic carbocycles. The zero-order valence-electron chi connectivity index (χ0n) is 11.7. The van der Waals surface area contributed by atoms with E-state index in [-0.39, 0.29) is 0 Å². The van der Waals surface area contributed by atoms with Gasteiger partial charge in [-0.05, 0) is 32.8 Å². The van der Waals surface area contributed by atoms with E-state index in [9.17, 15) is 0 Å². The molecule has 106 valence electrons. The third-order valence-electron chi connectivity index (χ3n) is 3.33. The Morgan fingerprint density at radius 2 is 1.80 bits per heavy atom. The van der Waals surface area contributed by atoms with E-state index in [0.717, 1.165) is 37.3 Å². The third kappa shape index (κ3) is 2.29. The van der Waals surface area contributed by atoms with Crippen molar-refractivity contribution in [2.24, 2.45) is 5.84 Å². The van der Waals surface area contributed by atoms with Gasteiger partial charge in [0.2, 0.25) is 11.9 Å². The molecule has 1 fully saturated rings. The minimum Gasteiger partial charge on any atom is -0.341 e. The van der Waals surface area contributed by atoms with Crippen LogP contribution in [0.4, 0.5) is 11.9 Å². The Balaban J connectivity index is 2.05. The van der Waals surface area contributed by atoms with Gasteiger partial charge in [0.25, 0.3) is 5.95 Å². The molecule has 2 aromatic heterocycles. The van der Waals surface area contributed by atoms with Crippen molar-refractivity contribution in [1.82, 2.24) is 24.7 Å². The van der Waals surface area contributed by atoms with Crippen molar-refractivity contribution in [2.45, 2.75) is 26.7 Å². The number of nitrogen functional groups attached to an aromatic ring is 1. The van der Waals surface area contributed by atoms with Crippen molar-refractivity contribution in [3.63, 3.8) is 0 Å². The molecule has 1 aliphatic rings. The van der Waals surface area contributed by atoms with E-state index in [1.165, 1.54) is 0 Å². The summed E-state index contributed by atoms with van der Waals surface area (Å²) in [6.45, 7) is 5.83. The number of nitrogens with two attached hydrogens (primary N) is 1. The Labute approximate surface area is 117 Å². The van der Waals surface area contributed by atoms with Gasteiger partial charge in [-0.25, -0.2) is 10.5 Å². The van der Waals surface area contributed by atoms with Gasteiger partial charge in [-0.3, -0.25) is 5.43 Å². The zero-order chi connectivity index (χ0) is 14.1. The smallest absolute Gasteiger partial charge is 0.257 e. The number of nitrogens with one attached hydrogen (secondary N) is 1. The van der Waals surface area contributed by atoms with E-state index in [2.05, 4.69) is 30.4 Å². The van der Waals surface area contributed by atoms with Crippen LogP contribution in [-0.4, -0.2) is 37.8 Å². The summed E-state index contributed by atoms with van der Waals surface area (Å²) in [7, 11) is 0. The molecule has 0 aromatic carbocycles. The Bertz CT molecular complexity index is 614. The quantitative estimate of drug-likeness (QED) is 0.623. The van der Waals surface area contributed by atoms with Crippen LogP contribution >= 0.6 is 0 Å². The molecule has 1 aliphatic heterocycles.